The van der Waals surface area contributed by atoms with Crippen LogP contribution < -0.4 is 5.32 Å². The maximum Gasteiger partial charge on any atom is 0.251 e. The summed E-state index contributed by atoms with van der Waals surface area (Å²) in [4.78, 5) is 11.8. The van der Waals surface area contributed by atoms with Gasteiger partial charge in [-0.2, -0.15) is 0 Å². The molecule has 0 heterocycles. The molecule has 1 aromatic carbocycles. The van der Waals surface area contributed by atoms with Crippen molar-refractivity contribution in [2.45, 2.75) is 19.8 Å². The Hall–Kier alpha value is -1.46. The van der Waals surface area contributed by atoms with Crippen LogP contribution in [0.4, 0.5) is 0 Å². The summed E-state index contributed by atoms with van der Waals surface area (Å²) >= 11 is 5.94. The molecule has 1 N–H and O–H groups in total. The van der Waals surface area contributed by atoms with Crippen LogP contribution in [-0.2, 0) is 0 Å². The van der Waals surface area contributed by atoms with Gasteiger partial charge in [0.05, 0.1) is 0 Å². The summed E-state index contributed by atoms with van der Waals surface area (Å²) < 4.78 is 0. The monoisotopic (exact) mass is 235 g/mol. The molecule has 3 heteroatoms. The van der Waals surface area contributed by atoms with Gasteiger partial charge in [0, 0.05) is 23.6 Å². The minimum Gasteiger partial charge on any atom is -0.352 e. The molecule has 0 aliphatic carbocycles. The number of carbonyl (C=O) groups is 1. The Morgan fingerprint density at radius 2 is 2.31 bits per heavy atom. The molecule has 2 nitrogen and oxygen atoms in total. The van der Waals surface area contributed by atoms with Gasteiger partial charge in [-0.25, -0.2) is 0 Å². The first-order valence-electron chi connectivity index (χ1n) is 5.13. The SMILES string of the molecule is C#CCCCNC(=O)c1cccc(Cl)c1C. The van der Waals surface area contributed by atoms with E-state index in [4.69, 9.17) is 18.0 Å². The molecular weight excluding hydrogens is 222 g/mol. The number of hydrogen-bond donors (Lipinski definition) is 1. The quantitative estimate of drug-likeness (QED) is 0.631. The van der Waals surface area contributed by atoms with Crippen LogP contribution in [-0.4, -0.2) is 12.5 Å². The van der Waals surface area contributed by atoms with E-state index in [0.717, 1.165) is 12.0 Å². The van der Waals surface area contributed by atoms with Gasteiger partial charge in [-0.1, -0.05) is 17.7 Å². The van der Waals surface area contributed by atoms with Crippen LogP contribution in [0.2, 0.25) is 5.02 Å². The largest absolute Gasteiger partial charge is 0.352 e. The lowest BCUT2D eigenvalue weighted by Gasteiger charge is -2.07. The lowest BCUT2D eigenvalue weighted by Crippen LogP contribution is -2.25. The third-order valence-corrected chi connectivity index (χ3v) is 2.71. The molecule has 0 bridgehead atoms. The number of benzene rings is 1. The number of amides is 1. The first kappa shape index (κ1) is 12.6. The topological polar surface area (TPSA) is 29.1 Å². The molecule has 1 aromatic rings. The molecule has 1 amide bonds. The molecule has 0 saturated carbocycles. The molecule has 0 spiro atoms. The number of rotatable bonds is 4. The maximum atomic E-state index is 11.8. The van der Waals surface area contributed by atoms with Gasteiger partial charge < -0.3 is 5.32 Å². The van der Waals surface area contributed by atoms with E-state index < -0.39 is 0 Å². The van der Waals surface area contributed by atoms with Gasteiger partial charge in [0.15, 0.2) is 0 Å². The first-order chi connectivity index (χ1) is 7.66. The predicted octanol–water partition coefficient (Wildman–Crippen LogP) is 2.79. The second-order valence-electron chi connectivity index (χ2n) is 3.48. The lowest BCUT2D eigenvalue weighted by molar-refractivity contribution is 0.0953. The number of hydrogen-bond acceptors (Lipinski definition) is 1. The van der Waals surface area contributed by atoms with E-state index in [1.807, 2.05) is 6.92 Å². The number of terminal acetylenes is 1. The van der Waals surface area contributed by atoms with E-state index in [9.17, 15) is 4.79 Å². The van der Waals surface area contributed by atoms with Crippen molar-refractivity contribution in [2.75, 3.05) is 6.54 Å². The number of unbranched alkanes of at least 4 members (excludes halogenated alkanes) is 1. The molecule has 0 atom stereocenters. The molecule has 16 heavy (non-hydrogen) atoms. The van der Waals surface area contributed by atoms with Gasteiger partial charge >= 0.3 is 0 Å². The zero-order chi connectivity index (χ0) is 12.0. The van der Waals surface area contributed by atoms with Gasteiger partial charge in [-0.15, -0.1) is 12.3 Å². The highest BCUT2D eigenvalue weighted by Gasteiger charge is 2.09. The van der Waals surface area contributed by atoms with Crippen molar-refractivity contribution in [3.63, 3.8) is 0 Å². The summed E-state index contributed by atoms with van der Waals surface area (Å²) in [7, 11) is 0. The minimum atomic E-state index is -0.1000. The molecule has 1 rings (SSSR count). The van der Waals surface area contributed by atoms with E-state index in [1.165, 1.54) is 0 Å². The fourth-order valence-corrected chi connectivity index (χ4v) is 1.52. The van der Waals surface area contributed by atoms with Crippen molar-refractivity contribution in [3.05, 3.63) is 34.3 Å². The molecule has 0 saturated heterocycles. The molecule has 0 fully saturated rings. The van der Waals surface area contributed by atoms with Crippen molar-refractivity contribution < 1.29 is 4.79 Å². The fraction of sp³-hybridized carbons (Fsp3) is 0.308. The van der Waals surface area contributed by atoms with E-state index in [1.54, 1.807) is 18.2 Å². The number of nitrogens with one attached hydrogen (secondary N) is 1. The second-order valence-corrected chi connectivity index (χ2v) is 3.88. The van der Waals surface area contributed by atoms with Gasteiger partial charge in [-0.05, 0) is 31.0 Å². The highest BCUT2D eigenvalue weighted by Crippen LogP contribution is 2.18. The first-order valence-corrected chi connectivity index (χ1v) is 5.51. The van der Waals surface area contributed by atoms with Crippen LogP contribution in [0.3, 0.4) is 0 Å². The maximum absolute atomic E-state index is 11.8. The van der Waals surface area contributed by atoms with Crippen LogP contribution in [0.15, 0.2) is 18.2 Å². The Morgan fingerprint density at radius 1 is 1.56 bits per heavy atom. The third kappa shape index (κ3) is 3.29. The van der Waals surface area contributed by atoms with E-state index in [0.29, 0.717) is 23.6 Å². The Balaban J connectivity index is 2.60. The predicted molar refractivity (Wildman–Crippen MR) is 66.6 cm³/mol. The molecule has 84 valence electrons. The average molecular weight is 236 g/mol. The van der Waals surface area contributed by atoms with Gasteiger partial charge in [0.25, 0.3) is 5.91 Å². The highest BCUT2D eigenvalue weighted by molar-refractivity contribution is 6.31. The number of carbonyl (C=O) groups excluding carboxylic acids is 1. The van der Waals surface area contributed by atoms with Crippen molar-refractivity contribution >= 4 is 17.5 Å². The van der Waals surface area contributed by atoms with Crippen molar-refractivity contribution in [1.82, 2.24) is 5.32 Å². The molecule has 0 aliphatic heterocycles. The van der Waals surface area contributed by atoms with Crippen molar-refractivity contribution in [1.29, 1.82) is 0 Å². The summed E-state index contributed by atoms with van der Waals surface area (Å²) in [6.07, 6.45) is 6.59. The lowest BCUT2D eigenvalue weighted by atomic mass is 10.1. The highest BCUT2D eigenvalue weighted by atomic mass is 35.5. The number of halogens is 1. The van der Waals surface area contributed by atoms with E-state index in [-0.39, 0.29) is 5.91 Å². The molecule has 0 unspecified atom stereocenters. The van der Waals surface area contributed by atoms with Gasteiger partial charge in [-0.3, -0.25) is 4.79 Å². The summed E-state index contributed by atoms with van der Waals surface area (Å²) in [5.74, 6) is 2.43. The van der Waals surface area contributed by atoms with Crippen LogP contribution in [0, 0.1) is 19.3 Å². The average Bonchev–Trinajstić information content (AvgIpc) is 2.28. The summed E-state index contributed by atoms with van der Waals surface area (Å²) in [5, 5.41) is 3.42. The normalized spacial score (nSPS) is 9.56. The summed E-state index contributed by atoms with van der Waals surface area (Å²) in [5.41, 5.74) is 1.42. The standard InChI is InChI=1S/C13H14ClNO/c1-3-4-5-9-15-13(16)11-7-6-8-12(14)10(11)2/h1,6-8H,4-5,9H2,2H3,(H,15,16). The molecular formula is C13H14ClNO. The Kier molecular flexibility index (Phi) is 4.88. The van der Waals surface area contributed by atoms with E-state index in [2.05, 4.69) is 11.2 Å². The van der Waals surface area contributed by atoms with Crippen molar-refractivity contribution in [3.8, 4) is 12.3 Å². The smallest absolute Gasteiger partial charge is 0.251 e. The van der Waals surface area contributed by atoms with Crippen LogP contribution >= 0.6 is 11.6 Å². The van der Waals surface area contributed by atoms with Gasteiger partial charge in [0.1, 0.15) is 0 Å². The third-order valence-electron chi connectivity index (χ3n) is 2.30. The Labute approximate surface area is 101 Å². The summed E-state index contributed by atoms with van der Waals surface area (Å²) in [6.45, 7) is 2.42. The zero-order valence-electron chi connectivity index (χ0n) is 9.22. The van der Waals surface area contributed by atoms with Crippen LogP contribution in [0.5, 0.6) is 0 Å². The Morgan fingerprint density at radius 3 is 3.00 bits per heavy atom. The van der Waals surface area contributed by atoms with Crippen LogP contribution in [0.1, 0.15) is 28.8 Å². The summed E-state index contributed by atoms with van der Waals surface area (Å²) in [6, 6.07) is 5.30. The molecule has 0 aromatic heterocycles. The van der Waals surface area contributed by atoms with Crippen molar-refractivity contribution in [2.24, 2.45) is 0 Å². The molecule has 0 radical (unpaired) electrons. The second kappa shape index (κ2) is 6.19. The fourth-order valence-electron chi connectivity index (χ4n) is 1.34. The zero-order valence-corrected chi connectivity index (χ0v) is 9.97. The van der Waals surface area contributed by atoms with E-state index >= 15 is 0 Å². The van der Waals surface area contributed by atoms with Crippen LogP contribution in [0.25, 0.3) is 0 Å². The van der Waals surface area contributed by atoms with Gasteiger partial charge in [0.2, 0.25) is 0 Å². The molecule has 0 aliphatic rings. The minimum absolute atomic E-state index is 0.1000. The Bertz CT molecular complexity index is 420.